The van der Waals surface area contributed by atoms with Gasteiger partial charge in [0.2, 0.25) is 0 Å². The normalized spacial score (nSPS) is 32.8. The highest BCUT2D eigenvalue weighted by molar-refractivity contribution is 5.28. The van der Waals surface area contributed by atoms with Crippen LogP contribution < -0.4 is 11.1 Å². The highest BCUT2D eigenvalue weighted by atomic mass is 15.4. The van der Waals surface area contributed by atoms with Crippen molar-refractivity contribution in [2.75, 3.05) is 13.6 Å². The van der Waals surface area contributed by atoms with E-state index >= 15 is 0 Å². The Hall–Kier alpha value is -1.16. The molecule has 0 radical (unpaired) electrons. The lowest BCUT2D eigenvalue weighted by Gasteiger charge is -2.25. The van der Waals surface area contributed by atoms with Crippen molar-refractivity contribution in [3.8, 4) is 0 Å². The molecule has 0 saturated carbocycles. The Labute approximate surface area is 103 Å². The van der Waals surface area contributed by atoms with Gasteiger partial charge in [0.05, 0.1) is 6.17 Å². The molecule has 3 unspecified atom stereocenters. The summed E-state index contributed by atoms with van der Waals surface area (Å²) in [6.07, 6.45) is 13.8. The molecule has 0 bridgehead atoms. The van der Waals surface area contributed by atoms with E-state index in [2.05, 4.69) is 54.2 Å². The first-order valence-corrected chi connectivity index (χ1v) is 6.12. The lowest BCUT2D eigenvalue weighted by atomic mass is 10.0. The summed E-state index contributed by atoms with van der Waals surface area (Å²) in [5.74, 6) is 0. The number of allylic oxidation sites excluding steroid dienone is 4. The van der Waals surface area contributed by atoms with Crippen LogP contribution in [0.1, 0.15) is 6.42 Å². The lowest BCUT2D eigenvalue weighted by Crippen LogP contribution is -2.37. The summed E-state index contributed by atoms with van der Waals surface area (Å²) >= 11 is 0. The molecule has 2 rings (SSSR count). The minimum atomic E-state index is 0.263. The number of nitrogens with two attached hydrogens (primary N) is 1. The van der Waals surface area contributed by atoms with Gasteiger partial charge in [0.1, 0.15) is 0 Å². The molecule has 3 atom stereocenters. The van der Waals surface area contributed by atoms with E-state index in [-0.39, 0.29) is 6.17 Å². The van der Waals surface area contributed by atoms with Gasteiger partial charge in [-0.2, -0.15) is 0 Å². The lowest BCUT2D eigenvalue weighted by molar-refractivity contribution is 0.285. The summed E-state index contributed by atoms with van der Waals surface area (Å²) in [4.78, 5) is 2.36. The van der Waals surface area contributed by atoms with E-state index < -0.39 is 0 Å². The predicted octanol–water partition coefficient (Wildman–Crippen LogP) is 1.17. The second kappa shape index (κ2) is 5.45. The summed E-state index contributed by atoms with van der Waals surface area (Å²) in [5.41, 5.74) is 6.98. The van der Waals surface area contributed by atoms with E-state index in [4.69, 9.17) is 5.73 Å². The smallest absolute Gasteiger partial charge is 0.0831 e. The van der Waals surface area contributed by atoms with Crippen molar-refractivity contribution in [3.63, 3.8) is 0 Å². The van der Waals surface area contributed by atoms with Crippen molar-refractivity contribution in [1.82, 2.24) is 10.2 Å². The molecule has 3 nitrogen and oxygen atoms in total. The maximum absolute atomic E-state index is 5.67. The summed E-state index contributed by atoms with van der Waals surface area (Å²) in [5, 5.41) is 3.63. The molecule has 3 heteroatoms. The molecule has 0 aromatic rings. The van der Waals surface area contributed by atoms with E-state index in [1.165, 1.54) is 5.57 Å². The fourth-order valence-electron chi connectivity index (χ4n) is 2.61. The average Bonchev–Trinajstić information content (AvgIpc) is 2.67. The van der Waals surface area contributed by atoms with Gasteiger partial charge in [0.15, 0.2) is 0 Å². The van der Waals surface area contributed by atoms with Crippen LogP contribution in [0.3, 0.4) is 0 Å². The Morgan fingerprint density at radius 2 is 2.24 bits per heavy atom. The molecule has 0 aromatic carbocycles. The highest BCUT2D eigenvalue weighted by Crippen LogP contribution is 2.25. The zero-order valence-electron chi connectivity index (χ0n) is 10.3. The van der Waals surface area contributed by atoms with Crippen LogP contribution >= 0.6 is 0 Å². The number of hydrogen-bond acceptors (Lipinski definition) is 3. The van der Waals surface area contributed by atoms with E-state index in [1.807, 2.05) is 6.08 Å². The van der Waals surface area contributed by atoms with Gasteiger partial charge in [0.25, 0.3) is 0 Å². The Morgan fingerprint density at radius 3 is 2.88 bits per heavy atom. The van der Waals surface area contributed by atoms with E-state index in [9.17, 15) is 0 Å². The summed E-state index contributed by atoms with van der Waals surface area (Å²) in [6, 6.07) is 0.844. The van der Waals surface area contributed by atoms with Crippen LogP contribution in [-0.4, -0.2) is 36.7 Å². The minimum absolute atomic E-state index is 0.263. The molecule has 1 aliphatic heterocycles. The number of rotatable bonds is 4. The number of fused-ring (bicyclic) bond motifs is 1. The van der Waals surface area contributed by atoms with Crippen LogP contribution in [0, 0.1) is 0 Å². The van der Waals surface area contributed by atoms with Crippen molar-refractivity contribution < 1.29 is 0 Å². The van der Waals surface area contributed by atoms with Gasteiger partial charge in [-0.3, -0.25) is 10.2 Å². The quantitative estimate of drug-likeness (QED) is 0.714. The third-order valence-electron chi connectivity index (χ3n) is 3.45. The van der Waals surface area contributed by atoms with Crippen molar-refractivity contribution in [2.45, 2.75) is 24.7 Å². The number of hydrogen-bond donors (Lipinski definition) is 2. The first-order valence-electron chi connectivity index (χ1n) is 6.12. The van der Waals surface area contributed by atoms with Gasteiger partial charge >= 0.3 is 0 Å². The molecule has 92 valence electrons. The van der Waals surface area contributed by atoms with Crippen molar-refractivity contribution in [1.29, 1.82) is 0 Å². The van der Waals surface area contributed by atoms with Gasteiger partial charge in [0, 0.05) is 12.1 Å². The number of nitrogens with one attached hydrogen (secondary N) is 1. The van der Waals surface area contributed by atoms with Crippen LogP contribution in [0.4, 0.5) is 0 Å². The van der Waals surface area contributed by atoms with Crippen molar-refractivity contribution in [2.24, 2.45) is 5.73 Å². The number of likely N-dealkylation sites (N-methyl/N-ethyl adjacent to an activating group) is 1. The van der Waals surface area contributed by atoms with Gasteiger partial charge in [-0.1, -0.05) is 43.0 Å². The number of nitrogens with zero attached hydrogens (tertiary/aromatic N) is 1. The maximum atomic E-state index is 5.67. The summed E-state index contributed by atoms with van der Waals surface area (Å²) in [7, 11) is 2.15. The van der Waals surface area contributed by atoms with Gasteiger partial charge in [-0.15, -0.1) is 0 Å². The monoisotopic (exact) mass is 231 g/mol. The standard InChI is InChI=1S/C14H21N3/c1-3-6-11(9-10-15)14-16-12-7-4-5-8-13(12)17(14)2/h3-8,12-14,16H,1,9-10,15H2,2H3/b11-6+. The molecule has 0 amide bonds. The molecular weight excluding hydrogens is 210 g/mol. The SMILES string of the molecule is C=C/C=C(\CCN)C1NC2C=CC=CC2N1C. The molecule has 1 aliphatic carbocycles. The van der Waals surface area contributed by atoms with Crippen LogP contribution in [-0.2, 0) is 0 Å². The fourth-order valence-corrected chi connectivity index (χ4v) is 2.61. The van der Waals surface area contributed by atoms with Crippen LogP contribution in [0.15, 0.2) is 48.6 Å². The van der Waals surface area contributed by atoms with E-state index in [1.54, 1.807) is 0 Å². The van der Waals surface area contributed by atoms with E-state index in [0.717, 1.165) is 6.42 Å². The van der Waals surface area contributed by atoms with Crippen LogP contribution in [0.5, 0.6) is 0 Å². The van der Waals surface area contributed by atoms with Crippen molar-refractivity contribution in [3.05, 3.63) is 48.6 Å². The summed E-state index contributed by atoms with van der Waals surface area (Å²) in [6.45, 7) is 4.45. The molecular formula is C14H21N3. The van der Waals surface area contributed by atoms with Gasteiger partial charge < -0.3 is 5.73 Å². The largest absolute Gasteiger partial charge is 0.330 e. The molecule has 2 aliphatic rings. The molecule has 1 heterocycles. The minimum Gasteiger partial charge on any atom is -0.330 e. The average molecular weight is 231 g/mol. The molecule has 0 aromatic heterocycles. The Kier molecular flexibility index (Phi) is 3.94. The van der Waals surface area contributed by atoms with Gasteiger partial charge in [-0.05, 0) is 25.6 Å². The second-order valence-corrected chi connectivity index (χ2v) is 4.54. The van der Waals surface area contributed by atoms with Gasteiger partial charge in [-0.25, -0.2) is 0 Å². The van der Waals surface area contributed by atoms with Crippen molar-refractivity contribution >= 4 is 0 Å². The molecule has 0 spiro atoms. The first-order chi connectivity index (χ1) is 8.27. The third kappa shape index (κ3) is 2.41. The second-order valence-electron chi connectivity index (χ2n) is 4.54. The molecule has 1 fully saturated rings. The topological polar surface area (TPSA) is 41.3 Å². The predicted molar refractivity (Wildman–Crippen MR) is 72.5 cm³/mol. The molecule has 3 N–H and O–H groups in total. The van der Waals surface area contributed by atoms with E-state index in [0.29, 0.717) is 18.6 Å². The summed E-state index contributed by atoms with van der Waals surface area (Å²) < 4.78 is 0. The Balaban J connectivity index is 2.17. The highest BCUT2D eigenvalue weighted by Gasteiger charge is 2.37. The Bertz CT molecular complexity index is 368. The third-order valence-corrected chi connectivity index (χ3v) is 3.45. The first kappa shape index (κ1) is 12.3. The maximum Gasteiger partial charge on any atom is 0.0831 e. The molecule has 1 saturated heterocycles. The van der Waals surface area contributed by atoms with Crippen LogP contribution in [0.2, 0.25) is 0 Å². The fraction of sp³-hybridized carbons (Fsp3) is 0.429. The zero-order chi connectivity index (χ0) is 12.3. The van der Waals surface area contributed by atoms with Crippen LogP contribution in [0.25, 0.3) is 0 Å². The zero-order valence-corrected chi connectivity index (χ0v) is 10.3. The molecule has 17 heavy (non-hydrogen) atoms. The Morgan fingerprint density at radius 1 is 1.47 bits per heavy atom.